The van der Waals surface area contributed by atoms with E-state index < -0.39 is 6.04 Å². The first-order valence-corrected chi connectivity index (χ1v) is 4.39. The van der Waals surface area contributed by atoms with Gasteiger partial charge in [0.05, 0.1) is 18.3 Å². The smallest absolute Gasteiger partial charge is 0.146 e. The standard InChI is InChI=1S/C10H15FN2O/c1-13(2)10-4-3-7(5-8(10)11)9(12)6-14/h3-5,9,14H,6,12H2,1-2H3/t9-/m1/s1. The van der Waals surface area contributed by atoms with Crippen LogP contribution in [0.2, 0.25) is 0 Å². The lowest BCUT2D eigenvalue weighted by Crippen LogP contribution is -2.16. The predicted molar refractivity (Wildman–Crippen MR) is 54.7 cm³/mol. The van der Waals surface area contributed by atoms with Crippen LogP contribution in [-0.2, 0) is 0 Å². The Balaban J connectivity index is 3.00. The molecule has 0 aromatic heterocycles. The fraction of sp³-hybridized carbons (Fsp3) is 0.400. The highest BCUT2D eigenvalue weighted by molar-refractivity contribution is 5.48. The second-order valence-corrected chi connectivity index (χ2v) is 3.39. The van der Waals surface area contributed by atoms with Crippen LogP contribution in [-0.4, -0.2) is 25.8 Å². The number of hydrogen-bond donors (Lipinski definition) is 2. The molecular weight excluding hydrogens is 183 g/mol. The molecular formula is C10H15FN2O. The van der Waals surface area contributed by atoms with Gasteiger partial charge in [0, 0.05) is 14.1 Å². The Kier molecular flexibility index (Phi) is 3.43. The van der Waals surface area contributed by atoms with Crippen LogP contribution in [0.5, 0.6) is 0 Å². The van der Waals surface area contributed by atoms with Crippen LogP contribution in [0.3, 0.4) is 0 Å². The van der Waals surface area contributed by atoms with E-state index in [0.29, 0.717) is 11.3 Å². The van der Waals surface area contributed by atoms with Crippen molar-refractivity contribution in [2.75, 3.05) is 25.6 Å². The average molecular weight is 198 g/mol. The lowest BCUT2D eigenvalue weighted by molar-refractivity contribution is 0.268. The molecule has 0 amide bonds. The average Bonchev–Trinajstić information content (AvgIpc) is 2.15. The lowest BCUT2D eigenvalue weighted by atomic mass is 10.1. The molecule has 0 saturated carbocycles. The highest BCUT2D eigenvalue weighted by Gasteiger charge is 2.09. The Morgan fingerprint density at radius 1 is 1.50 bits per heavy atom. The maximum Gasteiger partial charge on any atom is 0.146 e. The molecule has 3 N–H and O–H groups in total. The third kappa shape index (κ3) is 2.21. The summed E-state index contributed by atoms with van der Waals surface area (Å²) in [4.78, 5) is 1.68. The van der Waals surface area contributed by atoms with Crippen molar-refractivity contribution >= 4 is 5.69 Å². The van der Waals surface area contributed by atoms with Gasteiger partial charge in [-0.25, -0.2) is 4.39 Å². The normalized spacial score (nSPS) is 12.6. The van der Waals surface area contributed by atoms with Crippen molar-refractivity contribution in [1.29, 1.82) is 0 Å². The van der Waals surface area contributed by atoms with Crippen LogP contribution < -0.4 is 10.6 Å². The van der Waals surface area contributed by atoms with E-state index in [9.17, 15) is 4.39 Å². The predicted octanol–water partition coefficient (Wildman–Crippen LogP) is 0.884. The Morgan fingerprint density at radius 3 is 2.57 bits per heavy atom. The molecule has 1 aromatic rings. The SMILES string of the molecule is CN(C)c1ccc([C@H](N)CO)cc1F. The molecule has 0 spiro atoms. The zero-order valence-electron chi connectivity index (χ0n) is 8.37. The number of hydrogen-bond acceptors (Lipinski definition) is 3. The molecule has 0 aliphatic heterocycles. The number of aliphatic hydroxyl groups is 1. The van der Waals surface area contributed by atoms with Crippen LogP contribution in [0.4, 0.5) is 10.1 Å². The van der Waals surface area contributed by atoms with Crippen LogP contribution in [0, 0.1) is 5.82 Å². The third-order valence-electron chi connectivity index (χ3n) is 2.08. The highest BCUT2D eigenvalue weighted by Crippen LogP contribution is 2.20. The quantitative estimate of drug-likeness (QED) is 0.758. The molecule has 0 fully saturated rings. The Labute approximate surface area is 83.0 Å². The molecule has 3 nitrogen and oxygen atoms in total. The molecule has 0 aliphatic rings. The van der Waals surface area contributed by atoms with Crippen molar-refractivity contribution in [3.63, 3.8) is 0 Å². The summed E-state index contributed by atoms with van der Waals surface area (Å²) in [6, 6.07) is 4.22. The zero-order valence-corrected chi connectivity index (χ0v) is 8.37. The number of benzene rings is 1. The van der Waals surface area contributed by atoms with E-state index in [2.05, 4.69) is 0 Å². The molecule has 0 bridgehead atoms. The minimum atomic E-state index is -0.513. The van der Waals surface area contributed by atoms with Crippen molar-refractivity contribution in [2.45, 2.75) is 6.04 Å². The minimum Gasteiger partial charge on any atom is -0.394 e. The summed E-state index contributed by atoms with van der Waals surface area (Å²) in [6.45, 7) is -0.180. The molecule has 78 valence electrons. The monoisotopic (exact) mass is 198 g/mol. The topological polar surface area (TPSA) is 49.5 Å². The number of rotatable bonds is 3. The maximum atomic E-state index is 13.4. The summed E-state index contributed by atoms with van der Waals surface area (Å²) >= 11 is 0. The zero-order chi connectivity index (χ0) is 10.7. The molecule has 0 aliphatic carbocycles. The summed E-state index contributed by atoms with van der Waals surface area (Å²) in [5, 5.41) is 8.80. The fourth-order valence-electron chi connectivity index (χ4n) is 1.22. The first-order valence-electron chi connectivity index (χ1n) is 4.39. The number of aliphatic hydroxyl groups excluding tert-OH is 1. The van der Waals surface area contributed by atoms with Crippen LogP contribution in [0.15, 0.2) is 18.2 Å². The number of nitrogens with two attached hydrogens (primary N) is 1. The van der Waals surface area contributed by atoms with Crippen molar-refractivity contribution in [1.82, 2.24) is 0 Å². The van der Waals surface area contributed by atoms with Crippen LogP contribution in [0.25, 0.3) is 0 Å². The van der Waals surface area contributed by atoms with Gasteiger partial charge in [-0.1, -0.05) is 6.07 Å². The van der Waals surface area contributed by atoms with Gasteiger partial charge < -0.3 is 15.7 Å². The number of nitrogens with zero attached hydrogens (tertiary/aromatic N) is 1. The van der Waals surface area contributed by atoms with Gasteiger partial charge in [0.1, 0.15) is 5.82 Å². The van der Waals surface area contributed by atoms with Gasteiger partial charge in [-0.05, 0) is 17.7 Å². The van der Waals surface area contributed by atoms with Crippen LogP contribution in [0.1, 0.15) is 11.6 Å². The molecule has 0 heterocycles. The third-order valence-corrected chi connectivity index (χ3v) is 2.08. The molecule has 1 rings (SSSR count). The Hall–Kier alpha value is -1.13. The highest BCUT2D eigenvalue weighted by atomic mass is 19.1. The number of halogens is 1. The second-order valence-electron chi connectivity index (χ2n) is 3.39. The Bertz CT molecular complexity index is 315. The Morgan fingerprint density at radius 2 is 2.14 bits per heavy atom. The van der Waals surface area contributed by atoms with E-state index in [4.69, 9.17) is 10.8 Å². The van der Waals surface area contributed by atoms with E-state index in [0.717, 1.165) is 0 Å². The van der Waals surface area contributed by atoms with Gasteiger partial charge in [-0.3, -0.25) is 0 Å². The summed E-state index contributed by atoms with van der Waals surface area (Å²) in [5.74, 6) is -0.323. The lowest BCUT2D eigenvalue weighted by Gasteiger charge is -2.15. The minimum absolute atomic E-state index is 0.180. The van der Waals surface area contributed by atoms with Gasteiger partial charge in [-0.2, -0.15) is 0 Å². The molecule has 1 aromatic carbocycles. The van der Waals surface area contributed by atoms with E-state index in [1.807, 2.05) is 0 Å². The number of anilines is 1. The summed E-state index contributed by atoms with van der Waals surface area (Å²) < 4.78 is 13.4. The van der Waals surface area contributed by atoms with Gasteiger partial charge in [-0.15, -0.1) is 0 Å². The maximum absolute atomic E-state index is 13.4. The second kappa shape index (κ2) is 4.39. The molecule has 4 heteroatoms. The van der Waals surface area contributed by atoms with E-state index in [1.54, 1.807) is 31.1 Å². The molecule has 0 radical (unpaired) electrons. The largest absolute Gasteiger partial charge is 0.394 e. The van der Waals surface area contributed by atoms with Gasteiger partial charge in [0.15, 0.2) is 0 Å². The van der Waals surface area contributed by atoms with E-state index in [-0.39, 0.29) is 12.4 Å². The van der Waals surface area contributed by atoms with Crippen molar-refractivity contribution < 1.29 is 9.50 Å². The van der Waals surface area contributed by atoms with Gasteiger partial charge in [0.2, 0.25) is 0 Å². The molecule has 0 unspecified atom stereocenters. The van der Waals surface area contributed by atoms with Crippen molar-refractivity contribution in [3.8, 4) is 0 Å². The van der Waals surface area contributed by atoms with E-state index >= 15 is 0 Å². The molecule has 14 heavy (non-hydrogen) atoms. The van der Waals surface area contributed by atoms with E-state index in [1.165, 1.54) is 6.07 Å². The van der Waals surface area contributed by atoms with Crippen molar-refractivity contribution in [2.24, 2.45) is 5.73 Å². The summed E-state index contributed by atoms with van der Waals surface area (Å²) in [6.07, 6.45) is 0. The molecule has 1 atom stereocenters. The van der Waals surface area contributed by atoms with Gasteiger partial charge >= 0.3 is 0 Å². The summed E-state index contributed by atoms with van der Waals surface area (Å²) in [5.41, 5.74) is 6.68. The van der Waals surface area contributed by atoms with Crippen LogP contribution >= 0.6 is 0 Å². The molecule has 0 saturated heterocycles. The van der Waals surface area contributed by atoms with Crippen molar-refractivity contribution in [3.05, 3.63) is 29.6 Å². The fourth-order valence-corrected chi connectivity index (χ4v) is 1.22. The van der Waals surface area contributed by atoms with Gasteiger partial charge in [0.25, 0.3) is 0 Å². The first kappa shape index (κ1) is 10.9. The first-order chi connectivity index (χ1) is 6.56. The summed E-state index contributed by atoms with van der Waals surface area (Å²) in [7, 11) is 3.54.